The van der Waals surface area contributed by atoms with Crippen molar-refractivity contribution in [1.29, 1.82) is 0 Å². The number of carboxylic acid groups (broad SMARTS) is 1. The molecule has 76 valence electrons. The SMILES string of the molecule is O=C(O)NCCc1c(I)ccnc1F. The molecule has 14 heavy (non-hydrogen) atoms. The smallest absolute Gasteiger partial charge is 0.404 e. The lowest BCUT2D eigenvalue weighted by Crippen LogP contribution is -2.23. The summed E-state index contributed by atoms with van der Waals surface area (Å²) < 4.78 is 13.8. The van der Waals surface area contributed by atoms with Crippen LogP contribution in [0.25, 0.3) is 0 Å². The minimum absolute atomic E-state index is 0.188. The van der Waals surface area contributed by atoms with Crippen LogP contribution in [0.3, 0.4) is 0 Å². The van der Waals surface area contributed by atoms with Crippen LogP contribution in [-0.2, 0) is 6.42 Å². The van der Waals surface area contributed by atoms with Gasteiger partial charge in [0, 0.05) is 21.9 Å². The van der Waals surface area contributed by atoms with Gasteiger partial charge in [-0.25, -0.2) is 9.78 Å². The van der Waals surface area contributed by atoms with Crippen molar-refractivity contribution in [2.45, 2.75) is 6.42 Å². The number of halogens is 2. The number of pyridine rings is 1. The van der Waals surface area contributed by atoms with E-state index < -0.39 is 12.0 Å². The van der Waals surface area contributed by atoms with Crippen molar-refractivity contribution in [2.75, 3.05) is 6.54 Å². The number of hydrogen-bond donors (Lipinski definition) is 2. The molecule has 0 aromatic carbocycles. The maximum atomic E-state index is 13.1. The Bertz CT molecular complexity index is 326. The zero-order valence-electron chi connectivity index (χ0n) is 7.13. The van der Waals surface area contributed by atoms with Crippen molar-refractivity contribution in [3.63, 3.8) is 0 Å². The van der Waals surface area contributed by atoms with Crippen LogP contribution in [0.4, 0.5) is 9.18 Å². The third kappa shape index (κ3) is 3.09. The summed E-state index contributed by atoms with van der Waals surface area (Å²) >= 11 is 1.99. The monoisotopic (exact) mass is 310 g/mol. The molecule has 2 N–H and O–H groups in total. The number of rotatable bonds is 3. The zero-order chi connectivity index (χ0) is 10.6. The van der Waals surface area contributed by atoms with E-state index in [1.807, 2.05) is 22.6 Å². The quantitative estimate of drug-likeness (QED) is 0.659. The van der Waals surface area contributed by atoms with Gasteiger partial charge in [-0.05, 0) is 35.1 Å². The molecule has 1 aromatic heterocycles. The van der Waals surface area contributed by atoms with Gasteiger partial charge in [0.2, 0.25) is 5.95 Å². The van der Waals surface area contributed by atoms with E-state index in [-0.39, 0.29) is 6.54 Å². The minimum atomic E-state index is -1.11. The molecule has 0 radical (unpaired) electrons. The molecule has 4 nitrogen and oxygen atoms in total. The molecule has 6 heteroatoms. The topological polar surface area (TPSA) is 62.2 Å². The third-order valence-electron chi connectivity index (χ3n) is 1.60. The Morgan fingerprint density at radius 1 is 1.71 bits per heavy atom. The second kappa shape index (κ2) is 5.08. The Balaban J connectivity index is 2.62. The second-order valence-corrected chi connectivity index (χ2v) is 3.71. The first-order valence-corrected chi connectivity index (χ1v) is 4.95. The van der Waals surface area contributed by atoms with Crippen LogP contribution < -0.4 is 5.32 Å². The standard InChI is InChI=1S/C8H8FIN2O2/c9-7-5(1-3-12-8(13)14)6(10)2-4-11-7/h2,4,12H,1,3H2,(H,13,14). The Morgan fingerprint density at radius 3 is 3.00 bits per heavy atom. The molecule has 0 saturated heterocycles. The number of aromatic nitrogens is 1. The molecule has 1 rings (SSSR count). The zero-order valence-corrected chi connectivity index (χ0v) is 9.29. The lowest BCUT2D eigenvalue weighted by Gasteiger charge is -2.04. The van der Waals surface area contributed by atoms with Crippen LogP contribution in [0.5, 0.6) is 0 Å². The Hall–Kier alpha value is -0.920. The summed E-state index contributed by atoms with van der Waals surface area (Å²) in [6.45, 7) is 0.188. The van der Waals surface area contributed by atoms with Gasteiger partial charge in [-0.3, -0.25) is 0 Å². The molecule has 1 aromatic rings. The number of nitrogens with one attached hydrogen (secondary N) is 1. The molecule has 0 fully saturated rings. The first kappa shape index (κ1) is 11.2. The van der Waals surface area contributed by atoms with E-state index in [0.717, 1.165) is 3.57 Å². The van der Waals surface area contributed by atoms with E-state index in [9.17, 15) is 9.18 Å². The van der Waals surface area contributed by atoms with E-state index in [1.54, 1.807) is 6.07 Å². The molecule has 0 saturated carbocycles. The van der Waals surface area contributed by atoms with Gasteiger partial charge in [0.1, 0.15) is 0 Å². The van der Waals surface area contributed by atoms with Crippen LogP contribution in [-0.4, -0.2) is 22.7 Å². The summed E-state index contributed by atoms with van der Waals surface area (Å²) in [6, 6.07) is 1.68. The Labute approximate surface area is 93.7 Å². The summed E-state index contributed by atoms with van der Waals surface area (Å²) in [5, 5.41) is 10.5. The first-order chi connectivity index (χ1) is 6.61. The van der Waals surface area contributed by atoms with Gasteiger partial charge in [0.15, 0.2) is 0 Å². The molecule has 0 bridgehead atoms. The van der Waals surface area contributed by atoms with E-state index in [4.69, 9.17) is 5.11 Å². The highest BCUT2D eigenvalue weighted by molar-refractivity contribution is 14.1. The highest BCUT2D eigenvalue weighted by atomic mass is 127. The molecule has 1 amide bonds. The van der Waals surface area contributed by atoms with Gasteiger partial charge in [-0.2, -0.15) is 4.39 Å². The number of hydrogen-bond acceptors (Lipinski definition) is 2. The lowest BCUT2D eigenvalue weighted by molar-refractivity contribution is 0.194. The normalized spacial score (nSPS) is 9.86. The highest BCUT2D eigenvalue weighted by Gasteiger charge is 2.07. The maximum absolute atomic E-state index is 13.1. The number of carbonyl (C=O) groups is 1. The Kier molecular flexibility index (Phi) is 4.05. The fourth-order valence-electron chi connectivity index (χ4n) is 0.962. The Morgan fingerprint density at radius 2 is 2.43 bits per heavy atom. The fourth-order valence-corrected chi connectivity index (χ4v) is 1.62. The molecule has 0 aliphatic rings. The third-order valence-corrected chi connectivity index (χ3v) is 2.61. The molecule has 0 unspecified atom stereocenters. The molecule has 0 aliphatic heterocycles. The summed E-state index contributed by atoms with van der Waals surface area (Å²) in [6.07, 6.45) is 0.583. The summed E-state index contributed by atoms with van der Waals surface area (Å²) in [5.74, 6) is -0.538. The van der Waals surface area contributed by atoms with Crippen molar-refractivity contribution in [3.8, 4) is 0 Å². The molecule has 0 atom stereocenters. The predicted molar refractivity (Wildman–Crippen MR) is 56.6 cm³/mol. The molecular weight excluding hydrogens is 302 g/mol. The predicted octanol–water partition coefficient (Wildman–Crippen LogP) is 1.64. The molecular formula is C8H8FIN2O2. The van der Waals surface area contributed by atoms with E-state index >= 15 is 0 Å². The first-order valence-electron chi connectivity index (χ1n) is 3.87. The van der Waals surface area contributed by atoms with Gasteiger partial charge in [0.05, 0.1) is 0 Å². The van der Waals surface area contributed by atoms with Gasteiger partial charge >= 0.3 is 6.09 Å². The summed E-state index contributed by atoms with van der Waals surface area (Å²) in [7, 11) is 0. The van der Waals surface area contributed by atoms with Crippen molar-refractivity contribution >= 4 is 28.7 Å². The van der Waals surface area contributed by atoms with Crippen LogP contribution in [0.15, 0.2) is 12.3 Å². The largest absolute Gasteiger partial charge is 0.465 e. The maximum Gasteiger partial charge on any atom is 0.404 e. The molecule has 0 spiro atoms. The fraction of sp³-hybridized carbons (Fsp3) is 0.250. The molecule has 1 heterocycles. The highest BCUT2D eigenvalue weighted by Crippen LogP contribution is 2.13. The summed E-state index contributed by atoms with van der Waals surface area (Å²) in [4.78, 5) is 13.6. The van der Waals surface area contributed by atoms with E-state index in [0.29, 0.717) is 12.0 Å². The lowest BCUT2D eigenvalue weighted by atomic mass is 10.2. The van der Waals surface area contributed by atoms with Crippen molar-refractivity contribution < 1.29 is 14.3 Å². The van der Waals surface area contributed by atoms with Crippen LogP contribution in [0, 0.1) is 9.52 Å². The average molecular weight is 310 g/mol. The van der Waals surface area contributed by atoms with Gasteiger partial charge in [0.25, 0.3) is 0 Å². The van der Waals surface area contributed by atoms with Crippen LogP contribution in [0.1, 0.15) is 5.56 Å². The number of nitrogens with zero attached hydrogens (tertiary/aromatic N) is 1. The van der Waals surface area contributed by atoms with Gasteiger partial charge in [-0.15, -0.1) is 0 Å². The van der Waals surface area contributed by atoms with Gasteiger partial charge < -0.3 is 10.4 Å². The van der Waals surface area contributed by atoms with E-state index in [2.05, 4.69) is 10.3 Å². The van der Waals surface area contributed by atoms with Crippen molar-refractivity contribution in [3.05, 3.63) is 27.3 Å². The van der Waals surface area contributed by atoms with Crippen LogP contribution >= 0.6 is 22.6 Å². The summed E-state index contributed by atoms with van der Waals surface area (Å²) in [5.41, 5.74) is 0.446. The second-order valence-electron chi connectivity index (χ2n) is 2.54. The van der Waals surface area contributed by atoms with Crippen molar-refractivity contribution in [2.24, 2.45) is 0 Å². The molecule has 0 aliphatic carbocycles. The number of amides is 1. The van der Waals surface area contributed by atoms with E-state index in [1.165, 1.54) is 6.20 Å². The van der Waals surface area contributed by atoms with Crippen molar-refractivity contribution in [1.82, 2.24) is 10.3 Å². The van der Waals surface area contributed by atoms with Gasteiger partial charge in [-0.1, -0.05) is 0 Å². The minimum Gasteiger partial charge on any atom is -0.465 e. The van der Waals surface area contributed by atoms with Crippen LogP contribution in [0.2, 0.25) is 0 Å². The average Bonchev–Trinajstić information content (AvgIpc) is 2.09.